The summed E-state index contributed by atoms with van der Waals surface area (Å²) in [6.45, 7) is 2.62. The van der Waals surface area contributed by atoms with Crippen molar-refractivity contribution in [1.29, 1.82) is 0 Å². The summed E-state index contributed by atoms with van der Waals surface area (Å²) in [6, 6.07) is 4.64. The summed E-state index contributed by atoms with van der Waals surface area (Å²) in [5.41, 5.74) is 6.53. The van der Waals surface area contributed by atoms with Crippen molar-refractivity contribution in [2.45, 2.75) is 18.9 Å². The Bertz CT molecular complexity index is 1430. The van der Waals surface area contributed by atoms with Crippen LogP contribution in [0.25, 0.3) is 32.2 Å². The summed E-state index contributed by atoms with van der Waals surface area (Å²) < 4.78 is 36.7. The largest absolute Gasteiger partial charge is 0.462 e. The number of likely N-dealkylation sites (N-methyl/N-ethyl adjacent to an activating group) is 2. The van der Waals surface area contributed by atoms with Gasteiger partial charge in [0.15, 0.2) is 10.9 Å². The molecule has 36 heavy (non-hydrogen) atoms. The van der Waals surface area contributed by atoms with E-state index < -0.39 is 11.6 Å². The maximum atomic E-state index is 16.2. The molecule has 190 valence electrons. The number of nitrogens with one attached hydrogen (secondary N) is 2. The molecular weight excluding hydrogens is 508 g/mol. The van der Waals surface area contributed by atoms with Crippen LogP contribution < -0.4 is 21.1 Å². The number of benzene rings is 2. The molecular formula is C24H26ClF2N7OS. The van der Waals surface area contributed by atoms with Gasteiger partial charge < -0.3 is 26.0 Å². The summed E-state index contributed by atoms with van der Waals surface area (Å²) in [5.74, 6) is -0.732. The van der Waals surface area contributed by atoms with Crippen LogP contribution in [0.1, 0.15) is 12.8 Å². The summed E-state index contributed by atoms with van der Waals surface area (Å²) in [5, 5.41) is 6.99. The predicted molar refractivity (Wildman–Crippen MR) is 141 cm³/mol. The third-order valence-corrected chi connectivity index (χ3v) is 7.58. The molecule has 5 rings (SSSR count). The zero-order valence-electron chi connectivity index (χ0n) is 19.9. The minimum Gasteiger partial charge on any atom is -0.462 e. The third kappa shape index (κ3) is 4.63. The second-order valence-corrected chi connectivity index (χ2v) is 10.2. The molecule has 0 unspecified atom stereocenters. The van der Waals surface area contributed by atoms with Crippen molar-refractivity contribution in [3.63, 3.8) is 0 Å². The highest BCUT2D eigenvalue weighted by molar-refractivity contribution is 7.22. The Kier molecular flexibility index (Phi) is 7.07. The van der Waals surface area contributed by atoms with Gasteiger partial charge >= 0.3 is 6.01 Å². The minimum absolute atomic E-state index is 0.0480. The molecule has 12 heteroatoms. The van der Waals surface area contributed by atoms with E-state index in [0.717, 1.165) is 30.7 Å². The first-order valence-corrected chi connectivity index (χ1v) is 12.8. The fourth-order valence-electron chi connectivity index (χ4n) is 4.48. The number of hydrogen-bond donors (Lipinski definition) is 3. The van der Waals surface area contributed by atoms with Gasteiger partial charge in [-0.2, -0.15) is 9.97 Å². The van der Waals surface area contributed by atoms with E-state index in [-0.39, 0.29) is 43.5 Å². The van der Waals surface area contributed by atoms with Crippen LogP contribution in [0.5, 0.6) is 6.01 Å². The van der Waals surface area contributed by atoms with Gasteiger partial charge in [-0.25, -0.2) is 13.8 Å². The molecule has 1 aliphatic rings. The lowest BCUT2D eigenvalue weighted by molar-refractivity contribution is 0.188. The summed E-state index contributed by atoms with van der Waals surface area (Å²) >= 11 is 7.60. The highest BCUT2D eigenvalue weighted by atomic mass is 35.5. The van der Waals surface area contributed by atoms with Crippen LogP contribution in [-0.2, 0) is 0 Å². The third-order valence-electron chi connectivity index (χ3n) is 6.39. The summed E-state index contributed by atoms with van der Waals surface area (Å²) in [4.78, 5) is 15.4. The monoisotopic (exact) mass is 533 g/mol. The van der Waals surface area contributed by atoms with Crippen LogP contribution in [0.4, 0.5) is 19.7 Å². The van der Waals surface area contributed by atoms with Gasteiger partial charge in [-0.15, -0.1) is 0 Å². The van der Waals surface area contributed by atoms with Gasteiger partial charge in [0.2, 0.25) is 0 Å². The number of aromatic nitrogens is 3. The molecule has 0 spiro atoms. The maximum absolute atomic E-state index is 16.2. The first-order valence-electron chi connectivity index (χ1n) is 11.6. The highest BCUT2D eigenvalue weighted by Gasteiger charge is 2.25. The molecule has 4 N–H and O–H groups in total. The number of nitrogens with zero attached hydrogens (tertiary/aromatic N) is 4. The molecule has 8 nitrogen and oxygen atoms in total. The van der Waals surface area contributed by atoms with Gasteiger partial charge in [-0.1, -0.05) is 22.9 Å². The molecule has 2 aromatic carbocycles. The van der Waals surface area contributed by atoms with Crippen molar-refractivity contribution < 1.29 is 13.5 Å². The topological polar surface area (TPSA) is 101 Å². The van der Waals surface area contributed by atoms with Crippen molar-refractivity contribution >= 4 is 55.0 Å². The molecule has 3 heterocycles. The van der Waals surface area contributed by atoms with Gasteiger partial charge in [0.05, 0.1) is 15.2 Å². The van der Waals surface area contributed by atoms with Crippen LogP contribution in [-0.4, -0.2) is 66.2 Å². The average molecular weight is 534 g/mol. The fourth-order valence-corrected chi connectivity index (χ4v) is 5.54. The minimum atomic E-state index is -0.668. The molecule has 4 aromatic rings. The van der Waals surface area contributed by atoms with Crippen molar-refractivity contribution in [2.75, 3.05) is 51.4 Å². The second-order valence-electron chi connectivity index (χ2n) is 8.74. The lowest BCUT2D eigenvalue weighted by atomic mass is 10.0. The molecule has 1 saturated heterocycles. The predicted octanol–water partition coefficient (Wildman–Crippen LogP) is 4.52. The number of nitrogens with two attached hydrogens (primary N) is 1. The van der Waals surface area contributed by atoms with E-state index in [1.165, 1.54) is 12.1 Å². The van der Waals surface area contributed by atoms with Crippen LogP contribution in [0.15, 0.2) is 18.2 Å². The van der Waals surface area contributed by atoms with E-state index in [1.54, 1.807) is 6.07 Å². The number of rotatable bonds is 8. The molecule has 0 amide bonds. The fraction of sp³-hybridized carbons (Fsp3) is 0.375. The Hall–Kier alpha value is -2.86. The number of anilines is 2. The van der Waals surface area contributed by atoms with Gasteiger partial charge in [-0.3, -0.25) is 0 Å². The van der Waals surface area contributed by atoms with E-state index in [1.807, 2.05) is 7.05 Å². The van der Waals surface area contributed by atoms with E-state index in [9.17, 15) is 4.39 Å². The first-order chi connectivity index (χ1) is 17.4. The molecule has 1 atom stereocenters. The second kappa shape index (κ2) is 10.3. The lowest BCUT2D eigenvalue weighted by Crippen LogP contribution is -2.31. The quantitative estimate of drug-likeness (QED) is 0.284. The number of nitrogen functional groups attached to an aromatic ring is 1. The normalized spacial score (nSPS) is 16.3. The van der Waals surface area contributed by atoms with Gasteiger partial charge in [0, 0.05) is 35.6 Å². The zero-order chi connectivity index (χ0) is 25.4. The first kappa shape index (κ1) is 24.8. The maximum Gasteiger partial charge on any atom is 0.319 e. The Balaban J connectivity index is 1.63. The molecule has 1 fully saturated rings. The van der Waals surface area contributed by atoms with Crippen molar-refractivity contribution in [3.05, 3.63) is 34.9 Å². The Morgan fingerprint density at radius 2 is 2.06 bits per heavy atom. The molecule has 0 saturated carbocycles. The number of halogens is 3. The molecule has 0 aliphatic carbocycles. The van der Waals surface area contributed by atoms with Gasteiger partial charge in [-0.05, 0) is 51.7 Å². The number of fused-ring (bicyclic) bond motifs is 2. The van der Waals surface area contributed by atoms with Gasteiger partial charge in [0.1, 0.15) is 23.8 Å². The van der Waals surface area contributed by atoms with Gasteiger partial charge in [0.25, 0.3) is 0 Å². The average Bonchev–Trinajstić information content (AvgIpc) is 3.45. The number of hydrogen-bond acceptors (Lipinski definition) is 9. The molecule has 1 aliphatic heterocycles. The SMILES string of the molecule is CNCCNc1nc(OC[C@@H]2CCCN2C)nc2c(F)c(-c3ccc(F)c4sc(N)nc34)c(Cl)cc12. The summed E-state index contributed by atoms with van der Waals surface area (Å²) in [7, 11) is 3.89. The molecule has 2 aromatic heterocycles. The van der Waals surface area contributed by atoms with E-state index in [4.69, 9.17) is 22.1 Å². The Morgan fingerprint density at radius 1 is 1.22 bits per heavy atom. The van der Waals surface area contributed by atoms with Crippen LogP contribution >= 0.6 is 22.9 Å². The lowest BCUT2D eigenvalue weighted by Gasteiger charge is -2.19. The standard InChI is InChI=1S/C24H26ClF2N7OS/c1-29-7-8-30-22-14-10-15(25)17(13-5-6-16(26)21-20(13)31-23(28)36-21)18(27)19(14)32-24(33-22)35-11-12-4-3-9-34(12)2/h5-6,10,12,29H,3-4,7-9,11H2,1-2H3,(H2,28,31)(H,30,32,33)/t12-/m0/s1. The van der Waals surface area contributed by atoms with Crippen molar-refractivity contribution in [2.24, 2.45) is 0 Å². The smallest absolute Gasteiger partial charge is 0.319 e. The van der Waals surface area contributed by atoms with Crippen LogP contribution in [0.2, 0.25) is 5.02 Å². The summed E-state index contributed by atoms with van der Waals surface area (Å²) in [6.07, 6.45) is 2.12. The van der Waals surface area contributed by atoms with Crippen molar-refractivity contribution in [1.82, 2.24) is 25.2 Å². The van der Waals surface area contributed by atoms with E-state index in [0.29, 0.717) is 36.5 Å². The highest BCUT2D eigenvalue weighted by Crippen LogP contribution is 2.42. The van der Waals surface area contributed by atoms with Crippen molar-refractivity contribution in [3.8, 4) is 17.1 Å². The van der Waals surface area contributed by atoms with E-state index >= 15 is 4.39 Å². The molecule has 0 bridgehead atoms. The number of likely N-dealkylation sites (tertiary alicyclic amines) is 1. The number of ether oxygens (including phenoxy) is 1. The molecule has 0 radical (unpaired) electrons. The van der Waals surface area contributed by atoms with Crippen LogP contribution in [0.3, 0.4) is 0 Å². The number of thiazole rings is 1. The Labute approximate surface area is 215 Å². The van der Waals surface area contributed by atoms with E-state index in [2.05, 4.69) is 37.5 Å². The zero-order valence-corrected chi connectivity index (χ0v) is 21.4. The Morgan fingerprint density at radius 3 is 2.81 bits per heavy atom. The van der Waals surface area contributed by atoms with Crippen LogP contribution in [0, 0.1) is 11.6 Å².